The fraction of sp³-hybridized carbons (Fsp3) is 0.435. The topological polar surface area (TPSA) is 111 Å². The quantitative estimate of drug-likeness (QED) is 0.304. The predicted molar refractivity (Wildman–Crippen MR) is 121 cm³/mol. The molecule has 3 heterocycles. The van der Waals surface area contributed by atoms with E-state index >= 15 is 4.39 Å². The third-order valence-corrected chi connectivity index (χ3v) is 6.07. The molecule has 0 unspecified atom stereocenters. The molecule has 1 atom stereocenters. The maximum atomic E-state index is 15.3. The Bertz CT molecular complexity index is 1360. The third kappa shape index (κ3) is 5.73. The lowest BCUT2D eigenvalue weighted by Gasteiger charge is -2.41. The smallest absolute Gasteiger partial charge is 0.416 e. The van der Waals surface area contributed by atoms with Crippen LogP contribution in [0.15, 0.2) is 30.5 Å². The van der Waals surface area contributed by atoms with Crippen molar-refractivity contribution in [1.29, 1.82) is 0 Å². The molecular weight excluding hydrogens is 539 g/mol. The van der Waals surface area contributed by atoms with Crippen LogP contribution < -0.4 is 10.1 Å². The van der Waals surface area contributed by atoms with E-state index in [9.17, 15) is 31.1 Å². The van der Waals surface area contributed by atoms with Gasteiger partial charge in [-0.2, -0.15) is 36.7 Å². The minimum atomic E-state index is -5.20. The van der Waals surface area contributed by atoms with Crippen LogP contribution in [0, 0.1) is 5.82 Å². The van der Waals surface area contributed by atoms with E-state index in [0.29, 0.717) is 6.07 Å². The Labute approximate surface area is 216 Å². The first kappa shape index (κ1) is 28.0. The number of H-pyrrole nitrogens is 1. The maximum absolute atomic E-state index is 15.3. The van der Waals surface area contributed by atoms with E-state index in [1.54, 1.807) is 13.8 Å². The zero-order valence-electron chi connectivity index (χ0n) is 20.5. The van der Waals surface area contributed by atoms with Crippen LogP contribution in [0.25, 0.3) is 11.1 Å². The number of ether oxygens (including phenoxy) is 1. The Morgan fingerprint density at radius 3 is 2.46 bits per heavy atom. The Morgan fingerprint density at radius 2 is 1.90 bits per heavy atom. The van der Waals surface area contributed by atoms with Crippen LogP contribution in [0.4, 0.5) is 30.7 Å². The number of amides is 1. The van der Waals surface area contributed by atoms with E-state index in [-0.39, 0.29) is 34.5 Å². The summed E-state index contributed by atoms with van der Waals surface area (Å²) in [5.74, 6) is -3.16. The summed E-state index contributed by atoms with van der Waals surface area (Å²) in [4.78, 5) is 13.2. The first-order valence-electron chi connectivity index (χ1n) is 11.6. The monoisotopic (exact) mass is 561 g/mol. The number of nitrogens with one attached hydrogen (secondary N) is 2. The van der Waals surface area contributed by atoms with Gasteiger partial charge >= 0.3 is 12.4 Å². The van der Waals surface area contributed by atoms with E-state index in [2.05, 4.69) is 25.7 Å². The Hall–Kier alpha value is -3.98. The van der Waals surface area contributed by atoms with Gasteiger partial charge in [0.25, 0.3) is 5.91 Å². The second-order valence-corrected chi connectivity index (χ2v) is 9.11. The summed E-state index contributed by atoms with van der Waals surface area (Å²) in [5.41, 5.74) is -4.63. The minimum absolute atomic E-state index is 0.0250. The number of nitrogens with zero attached hydrogens (tertiary/aromatic N) is 5. The highest BCUT2D eigenvalue weighted by atomic mass is 19.4. The molecule has 0 fully saturated rings. The van der Waals surface area contributed by atoms with Crippen molar-refractivity contribution in [3.05, 3.63) is 53.4 Å². The zero-order chi connectivity index (χ0) is 28.6. The summed E-state index contributed by atoms with van der Waals surface area (Å²) in [5, 5.41) is 19.2. The summed E-state index contributed by atoms with van der Waals surface area (Å²) in [6.45, 7) is 3.15. The molecule has 0 saturated carbocycles. The van der Waals surface area contributed by atoms with E-state index < -0.39 is 61.0 Å². The average molecular weight is 561 g/mol. The number of carbonyl (C=O) groups excluding carboxylic acids is 1. The highest BCUT2D eigenvalue weighted by Crippen LogP contribution is 2.50. The molecule has 0 radical (unpaired) electrons. The van der Waals surface area contributed by atoms with Crippen molar-refractivity contribution in [3.63, 3.8) is 0 Å². The number of halogens is 7. The predicted octanol–water partition coefficient (Wildman–Crippen LogP) is 4.73. The Kier molecular flexibility index (Phi) is 7.40. The van der Waals surface area contributed by atoms with Gasteiger partial charge in [0.2, 0.25) is 5.82 Å². The van der Waals surface area contributed by atoms with Gasteiger partial charge in [-0.25, -0.2) is 4.39 Å². The van der Waals surface area contributed by atoms with Gasteiger partial charge in [-0.05, 0) is 49.3 Å². The molecule has 210 valence electrons. The number of hydrogen-bond donors (Lipinski definition) is 2. The summed E-state index contributed by atoms with van der Waals surface area (Å²) >= 11 is 0. The number of carbonyl (C=O) groups is 1. The van der Waals surface area contributed by atoms with Crippen LogP contribution in [0.3, 0.4) is 0 Å². The van der Waals surface area contributed by atoms with E-state index in [0.717, 1.165) is 12.1 Å². The lowest BCUT2D eigenvalue weighted by Crippen LogP contribution is -2.59. The molecule has 2 aromatic heterocycles. The first-order valence-corrected chi connectivity index (χ1v) is 11.6. The largest absolute Gasteiger partial charge is 0.493 e. The van der Waals surface area contributed by atoms with Crippen molar-refractivity contribution >= 4 is 17.1 Å². The number of alkyl halides is 6. The second kappa shape index (κ2) is 10.3. The van der Waals surface area contributed by atoms with E-state index in [4.69, 9.17) is 4.74 Å². The molecule has 1 amide bonds. The van der Waals surface area contributed by atoms with Crippen LogP contribution in [0.5, 0.6) is 5.75 Å². The van der Waals surface area contributed by atoms with E-state index in [1.165, 1.54) is 16.9 Å². The van der Waals surface area contributed by atoms with Gasteiger partial charge in [0.15, 0.2) is 5.54 Å². The molecule has 9 nitrogen and oxygen atoms in total. The third-order valence-electron chi connectivity index (χ3n) is 6.07. The Morgan fingerprint density at radius 1 is 1.15 bits per heavy atom. The number of tetrazole rings is 1. The minimum Gasteiger partial charge on any atom is -0.493 e. The molecule has 0 aliphatic carbocycles. The summed E-state index contributed by atoms with van der Waals surface area (Å²) in [7, 11) is 0. The first-order chi connectivity index (χ1) is 18.2. The Balaban J connectivity index is 1.76. The van der Waals surface area contributed by atoms with Crippen molar-refractivity contribution in [2.45, 2.75) is 57.0 Å². The van der Waals surface area contributed by atoms with Crippen molar-refractivity contribution in [1.82, 2.24) is 35.7 Å². The number of hydrogen-bond acceptors (Lipinski definition) is 6. The van der Waals surface area contributed by atoms with Crippen LogP contribution in [-0.2, 0) is 10.3 Å². The van der Waals surface area contributed by atoms with Crippen LogP contribution in [0.1, 0.15) is 56.2 Å². The molecule has 1 aromatic carbocycles. The molecular formula is C23H22F7N7O2. The fourth-order valence-electron chi connectivity index (χ4n) is 4.18. The van der Waals surface area contributed by atoms with Gasteiger partial charge < -0.3 is 10.1 Å². The normalized spacial score (nSPS) is 18.6. The molecule has 16 heteroatoms. The molecule has 0 saturated heterocycles. The molecule has 0 bridgehead atoms. The lowest BCUT2D eigenvalue weighted by molar-refractivity contribution is -0.202. The van der Waals surface area contributed by atoms with Crippen LogP contribution in [-0.4, -0.2) is 55.3 Å². The highest BCUT2D eigenvalue weighted by Gasteiger charge is 2.61. The maximum Gasteiger partial charge on any atom is 0.416 e. The standard InChI is InChI=1S/C23H22F7N7O2/c1-12(2)37-8-6-17(34-37)14-11-21(23(28,29)30,31-20(38)18(14)19-32-35-36-33-19)15-5-4-13(10-16(15)24)39-9-3-7-22(25,26)27/h4-6,8,10,12H,3,7,9,11H2,1-2H3,(H,31,38)(H,32,33,35,36)/t21-/m0/s1. The summed E-state index contributed by atoms with van der Waals surface area (Å²) < 4.78 is 103. The van der Waals surface area contributed by atoms with E-state index in [1.807, 2.05) is 5.32 Å². The number of benzene rings is 1. The number of aromatic nitrogens is 6. The highest BCUT2D eigenvalue weighted by molar-refractivity contribution is 6.27. The van der Waals surface area contributed by atoms with Crippen molar-refractivity contribution in [2.75, 3.05) is 6.61 Å². The number of aromatic amines is 1. The SMILES string of the molecule is CC(C)n1ccc(C2=C(c3nn[nH]n3)C(=O)N[C@@](c3ccc(OCCCC(F)(F)F)cc3F)(C(F)(F)F)C2)n1. The van der Waals surface area contributed by atoms with Gasteiger partial charge in [-0.1, -0.05) is 0 Å². The average Bonchev–Trinajstić information content (AvgIpc) is 3.52. The molecule has 1 aliphatic rings. The molecule has 3 aromatic rings. The lowest BCUT2D eigenvalue weighted by atomic mass is 9.77. The summed E-state index contributed by atoms with van der Waals surface area (Å²) in [6.07, 6.45) is -10.6. The molecule has 4 rings (SSSR count). The van der Waals surface area contributed by atoms with Crippen LogP contribution in [0.2, 0.25) is 0 Å². The van der Waals surface area contributed by atoms with Gasteiger partial charge in [-0.3, -0.25) is 9.48 Å². The second-order valence-electron chi connectivity index (χ2n) is 9.11. The van der Waals surface area contributed by atoms with Gasteiger partial charge in [0, 0.05) is 36.7 Å². The molecule has 39 heavy (non-hydrogen) atoms. The van der Waals surface area contributed by atoms with Crippen LogP contribution >= 0.6 is 0 Å². The van der Waals surface area contributed by atoms with Gasteiger partial charge in [0.1, 0.15) is 11.6 Å². The molecule has 0 spiro atoms. The van der Waals surface area contributed by atoms with Crippen molar-refractivity contribution in [2.24, 2.45) is 0 Å². The number of rotatable bonds is 8. The zero-order valence-corrected chi connectivity index (χ0v) is 20.5. The fourth-order valence-corrected chi connectivity index (χ4v) is 4.18. The van der Waals surface area contributed by atoms with Gasteiger partial charge in [0.05, 0.1) is 17.9 Å². The molecule has 1 aliphatic heterocycles. The molecule has 2 N–H and O–H groups in total. The van der Waals surface area contributed by atoms with Crippen molar-refractivity contribution in [3.8, 4) is 5.75 Å². The van der Waals surface area contributed by atoms with Gasteiger partial charge in [-0.15, -0.1) is 10.2 Å². The van der Waals surface area contributed by atoms with Crippen molar-refractivity contribution < 1.29 is 40.3 Å². The summed E-state index contributed by atoms with van der Waals surface area (Å²) in [6, 6.07) is 3.68.